The second-order valence-corrected chi connectivity index (χ2v) is 3.97. The molecule has 0 saturated heterocycles. The first-order valence-electron chi connectivity index (χ1n) is 5.77. The molecule has 3 nitrogen and oxygen atoms in total. The molecule has 0 bridgehead atoms. The van der Waals surface area contributed by atoms with Crippen molar-refractivity contribution in [3.63, 3.8) is 0 Å². The minimum atomic E-state index is -0.944. The molecule has 2 aromatic carbocycles. The molecule has 102 valence electrons. The summed E-state index contributed by atoms with van der Waals surface area (Å²) in [5, 5.41) is 0. The lowest BCUT2D eigenvalue weighted by Crippen LogP contribution is -2.00. The van der Waals surface area contributed by atoms with Crippen LogP contribution >= 0.6 is 0 Å². The van der Waals surface area contributed by atoms with Gasteiger partial charge in [-0.3, -0.25) is 4.99 Å². The van der Waals surface area contributed by atoms with Crippen molar-refractivity contribution in [3.8, 4) is 0 Å². The van der Waals surface area contributed by atoms with Crippen molar-refractivity contribution in [2.45, 2.75) is 0 Å². The number of carbonyl (C=O) groups is 1. The van der Waals surface area contributed by atoms with E-state index in [-0.39, 0.29) is 0 Å². The third-order valence-electron chi connectivity index (χ3n) is 2.60. The molecule has 0 aliphatic rings. The average Bonchev–Trinajstić information content (AvgIpc) is 2.48. The van der Waals surface area contributed by atoms with E-state index in [1.807, 2.05) is 0 Å². The molecular formula is C15H11F2NO2. The number of aliphatic imine (C=N–C) groups is 1. The summed E-state index contributed by atoms with van der Waals surface area (Å²) in [6.45, 7) is 0. The van der Waals surface area contributed by atoms with Crippen molar-refractivity contribution >= 4 is 17.9 Å². The Morgan fingerprint density at radius 3 is 2.40 bits per heavy atom. The molecular weight excluding hydrogens is 264 g/mol. The fourth-order valence-corrected chi connectivity index (χ4v) is 1.54. The molecule has 0 unspecified atom stereocenters. The monoisotopic (exact) mass is 275 g/mol. The third-order valence-corrected chi connectivity index (χ3v) is 2.60. The zero-order valence-corrected chi connectivity index (χ0v) is 10.6. The Balaban J connectivity index is 2.15. The van der Waals surface area contributed by atoms with Gasteiger partial charge in [-0.15, -0.1) is 0 Å². The molecule has 0 saturated carbocycles. The van der Waals surface area contributed by atoms with Gasteiger partial charge in [0.05, 0.1) is 18.4 Å². The van der Waals surface area contributed by atoms with Gasteiger partial charge >= 0.3 is 5.97 Å². The predicted octanol–water partition coefficient (Wildman–Crippen LogP) is 3.50. The van der Waals surface area contributed by atoms with E-state index in [0.29, 0.717) is 11.3 Å². The molecule has 0 atom stereocenters. The lowest BCUT2D eigenvalue weighted by molar-refractivity contribution is 0.0600. The highest BCUT2D eigenvalue weighted by molar-refractivity contribution is 5.90. The Labute approximate surface area is 114 Å². The van der Waals surface area contributed by atoms with Gasteiger partial charge in [-0.05, 0) is 29.8 Å². The number of halogens is 2. The molecule has 2 aromatic rings. The molecule has 0 fully saturated rings. The van der Waals surface area contributed by atoms with E-state index >= 15 is 0 Å². The highest BCUT2D eigenvalue weighted by Crippen LogP contribution is 2.16. The Kier molecular flexibility index (Phi) is 4.20. The minimum Gasteiger partial charge on any atom is -0.465 e. The second-order valence-electron chi connectivity index (χ2n) is 3.97. The van der Waals surface area contributed by atoms with Crippen molar-refractivity contribution in [1.29, 1.82) is 0 Å². The van der Waals surface area contributed by atoms with E-state index in [0.717, 1.165) is 17.7 Å². The number of benzene rings is 2. The molecule has 0 aliphatic heterocycles. The van der Waals surface area contributed by atoms with Gasteiger partial charge in [0.2, 0.25) is 0 Å². The Bertz CT molecular complexity index is 651. The number of methoxy groups -OCH3 is 1. The van der Waals surface area contributed by atoms with Crippen LogP contribution in [0.5, 0.6) is 0 Å². The van der Waals surface area contributed by atoms with E-state index < -0.39 is 17.6 Å². The first-order chi connectivity index (χ1) is 9.60. The van der Waals surface area contributed by atoms with Gasteiger partial charge < -0.3 is 4.74 Å². The van der Waals surface area contributed by atoms with Crippen molar-refractivity contribution in [2.24, 2.45) is 4.99 Å². The maximum Gasteiger partial charge on any atom is 0.337 e. The lowest BCUT2D eigenvalue weighted by atomic mass is 10.1. The molecule has 0 heterocycles. The number of esters is 1. The van der Waals surface area contributed by atoms with E-state index in [1.54, 1.807) is 24.3 Å². The molecule has 0 amide bonds. The first-order valence-corrected chi connectivity index (χ1v) is 5.77. The summed E-state index contributed by atoms with van der Waals surface area (Å²) >= 11 is 0. The Hall–Kier alpha value is -2.56. The fraction of sp³-hybridized carbons (Fsp3) is 0.0667. The zero-order valence-electron chi connectivity index (χ0n) is 10.6. The Morgan fingerprint density at radius 2 is 1.80 bits per heavy atom. The summed E-state index contributed by atoms with van der Waals surface area (Å²) in [5.41, 5.74) is 1.46. The third kappa shape index (κ3) is 3.26. The van der Waals surface area contributed by atoms with Crippen LogP contribution in [0.15, 0.2) is 47.5 Å². The van der Waals surface area contributed by atoms with E-state index in [4.69, 9.17) is 0 Å². The Morgan fingerprint density at radius 1 is 1.10 bits per heavy atom. The summed E-state index contributed by atoms with van der Waals surface area (Å²) in [6, 6.07) is 9.94. The maximum atomic E-state index is 13.0. The number of hydrogen-bond donors (Lipinski definition) is 0. The summed E-state index contributed by atoms with van der Waals surface area (Å²) < 4.78 is 30.3. The number of carbonyl (C=O) groups excluding carboxylic acids is 1. The minimum absolute atomic E-state index is 0.306. The molecule has 0 aromatic heterocycles. The van der Waals surface area contributed by atoms with Crippen molar-refractivity contribution < 1.29 is 18.3 Å². The van der Waals surface area contributed by atoms with Crippen LogP contribution in [0.4, 0.5) is 14.5 Å². The molecule has 0 aliphatic carbocycles. The SMILES string of the molecule is COC(=O)c1ccc(/C=N/c2ccc(F)c(F)c2)cc1. The molecule has 20 heavy (non-hydrogen) atoms. The summed E-state index contributed by atoms with van der Waals surface area (Å²) in [4.78, 5) is 15.3. The van der Waals surface area contributed by atoms with E-state index in [2.05, 4.69) is 9.73 Å². The predicted molar refractivity (Wildman–Crippen MR) is 71.4 cm³/mol. The highest BCUT2D eigenvalue weighted by atomic mass is 19.2. The van der Waals surface area contributed by atoms with Gasteiger partial charge in [0.1, 0.15) is 0 Å². The summed E-state index contributed by atoms with van der Waals surface area (Å²) in [5.74, 6) is -2.28. The van der Waals surface area contributed by atoms with Crippen LogP contribution in [0.25, 0.3) is 0 Å². The largest absolute Gasteiger partial charge is 0.465 e. The molecule has 0 spiro atoms. The molecule has 0 N–H and O–H groups in total. The number of rotatable bonds is 3. The van der Waals surface area contributed by atoms with Crippen LogP contribution in [-0.4, -0.2) is 19.3 Å². The summed E-state index contributed by atoms with van der Waals surface area (Å²) in [7, 11) is 1.31. The van der Waals surface area contributed by atoms with Gasteiger partial charge in [0.25, 0.3) is 0 Å². The van der Waals surface area contributed by atoms with Crippen molar-refractivity contribution in [1.82, 2.24) is 0 Å². The number of ether oxygens (including phenoxy) is 1. The standard InChI is InChI=1S/C15H11F2NO2/c1-20-15(19)11-4-2-10(3-5-11)9-18-12-6-7-13(16)14(17)8-12/h2-9H,1H3/b18-9+. The second kappa shape index (κ2) is 6.06. The van der Waals surface area contributed by atoms with Gasteiger partial charge in [-0.25, -0.2) is 13.6 Å². The van der Waals surface area contributed by atoms with E-state index in [1.165, 1.54) is 19.4 Å². The average molecular weight is 275 g/mol. The number of nitrogens with zero attached hydrogens (tertiary/aromatic N) is 1. The molecule has 2 rings (SSSR count). The highest BCUT2D eigenvalue weighted by Gasteiger charge is 2.04. The van der Waals surface area contributed by atoms with Gasteiger partial charge in [0, 0.05) is 12.3 Å². The van der Waals surface area contributed by atoms with Crippen LogP contribution in [0.1, 0.15) is 15.9 Å². The quantitative estimate of drug-likeness (QED) is 0.635. The molecule has 5 heteroatoms. The van der Waals surface area contributed by atoms with E-state index in [9.17, 15) is 13.6 Å². The van der Waals surface area contributed by atoms with Crippen LogP contribution in [0.2, 0.25) is 0 Å². The normalized spacial score (nSPS) is 10.8. The van der Waals surface area contributed by atoms with Crippen molar-refractivity contribution in [2.75, 3.05) is 7.11 Å². The van der Waals surface area contributed by atoms with Crippen LogP contribution in [-0.2, 0) is 4.74 Å². The molecule has 0 radical (unpaired) electrons. The first kappa shape index (κ1) is 13.9. The summed E-state index contributed by atoms with van der Waals surface area (Å²) in [6.07, 6.45) is 1.49. The van der Waals surface area contributed by atoms with Gasteiger partial charge in [-0.1, -0.05) is 12.1 Å². The fourth-order valence-electron chi connectivity index (χ4n) is 1.54. The van der Waals surface area contributed by atoms with Crippen LogP contribution < -0.4 is 0 Å². The van der Waals surface area contributed by atoms with Crippen LogP contribution in [0, 0.1) is 11.6 Å². The smallest absolute Gasteiger partial charge is 0.337 e. The van der Waals surface area contributed by atoms with Gasteiger partial charge in [-0.2, -0.15) is 0 Å². The zero-order chi connectivity index (χ0) is 14.5. The lowest BCUT2D eigenvalue weighted by Gasteiger charge is -1.99. The van der Waals surface area contributed by atoms with Crippen LogP contribution in [0.3, 0.4) is 0 Å². The van der Waals surface area contributed by atoms with Crippen molar-refractivity contribution in [3.05, 3.63) is 65.2 Å². The maximum absolute atomic E-state index is 13.0. The number of hydrogen-bond acceptors (Lipinski definition) is 3. The van der Waals surface area contributed by atoms with Gasteiger partial charge in [0.15, 0.2) is 11.6 Å². The topological polar surface area (TPSA) is 38.7 Å².